The summed E-state index contributed by atoms with van der Waals surface area (Å²) in [7, 11) is 3.77. The van der Waals surface area contributed by atoms with Gasteiger partial charge in [-0.05, 0) is 51.5 Å². The molecule has 2 aliphatic rings. The summed E-state index contributed by atoms with van der Waals surface area (Å²) < 4.78 is 4.84. The van der Waals surface area contributed by atoms with Crippen LogP contribution in [0.15, 0.2) is 0 Å². The highest BCUT2D eigenvalue weighted by Gasteiger charge is 2.29. The molecule has 0 heterocycles. The Bertz CT molecular complexity index is 266. The van der Waals surface area contributed by atoms with Gasteiger partial charge in [0.05, 0.1) is 13.0 Å². The predicted molar refractivity (Wildman–Crippen MR) is 72.4 cm³/mol. The molecule has 0 aromatic rings. The minimum atomic E-state index is -0.00750. The third kappa shape index (κ3) is 3.47. The monoisotopic (exact) mass is 253 g/mol. The van der Waals surface area contributed by atoms with Gasteiger partial charge in [0.2, 0.25) is 0 Å². The van der Waals surface area contributed by atoms with Gasteiger partial charge in [-0.2, -0.15) is 0 Å². The molecule has 0 saturated heterocycles. The molecule has 0 atom stereocenters. The van der Waals surface area contributed by atoms with Crippen molar-refractivity contribution < 1.29 is 9.53 Å². The Morgan fingerprint density at radius 1 is 1.11 bits per heavy atom. The molecule has 0 aromatic heterocycles. The van der Waals surface area contributed by atoms with E-state index in [1.165, 1.54) is 39.3 Å². The van der Waals surface area contributed by atoms with Crippen LogP contribution in [0.3, 0.4) is 0 Å². The Kier molecular flexibility index (Phi) is 5.04. The molecule has 2 fully saturated rings. The lowest BCUT2D eigenvalue weighted by Gasteiger charge is -2.35. The summed E-state index contributed by atoms with van der Waals surface area (Å²) in [6.45, 7) is 1.26. The van der Waals surface area contributed by atoms with E-state index in [-0.39, 0.29) is 11.9 Å². The molecule has 0 N–H and O–H groups in total. The van der Waals surface area contributed by atoms with Crippen LogP contribution in [0.25, 0.3) is 0 Å². The van der Waals surface area contributed by atoms with Crippen molar-refractivity contribution in [2.75, 3.05) is 20.7 Å². The number of rotatable bonds is 4. The van der Waals surface area contributed by atoms with Crippen LogP contribution in [0.4, 0.5) is 0 Å². The Labute approximate surface area is 111 Å². The first-order chi connectivity index (χ1) is 8.70. The predicted octanol–water partition coefficient (Wildman–Crippen LogP) is 2.84. The third-order valence-electron chi connectivity index (χ3n) is 4.88. The van der Waals surface area contributed by atoms with Crippen LogP contribution < -0.4 is 0 Å². The first kappa shape index (κ1) is 13.9. The fraction of sp³-hybridized carbons (Fsp3) is 0.933. The second-order valence-electron chi connectivity index (χ2n) is 6.12. The lowest BCUT2D eigenvalue weighted by molar-refractivity contribution is -0.146. The van der Waals surface area contributed by atoms with E-state index in [1.54, 1.807) is 0 Å². The van der Waals surface area contributed by atoms with Crippen LogP contribution in [-0.2, 0) is 9.53 Å². The standard InChI is InChI=1S/C15H27NO2/c1-16(11-12-5-3-4-6-12)14-9-7-13(8-10-14)15(17)18-2/h12-14H,3-11H2,1-2H3. The molecule has 18 heavy (non-hydrogen) atoms. The van der Waals surface area contributed by atoms with Gasteiger partial charge in [-0.15, -0.1) is 0 Å². The highest BCUT2D eigenvalue weighted by Crippen LogP contribution is 2.30. The molecule has 3 heteroatoms. The zero-order valence-corrected chi connectivity index (χ0v) is 11.9. The lowest BCUT2D eigenvalue weighted by atomic mass is 9.85. The van der Waals surface area contributed by atoms with Crippen molar-refractivity contribution in [3.05, 3.63) is 0 Å². The van der Waals surface area contributed by atoms with Crippen molar-refractivity contribution in [3.63, 3.8) is 0 Å². The van der Waals surface area contributed by atoms with Gasteiger partial charge in [0.15, 0.2) is 0 Å². The molecule has 0 aliphatic heterocycles. The molecule has 0 bridgehead atoms. The van der Waals surface area contributed by atoms with E-state index in [9.17, 15) is 4.79 Å². The number of carbonyl (C=O) groups is 1. The van der Waals surface area contributed by atoms with Crippen LogP contribution in [0.1, 0.15) is 51.4 Å². The van der Waals surface area contributed by atoms with Crippen LogP contribution in [0.2, 0.25) is 0 Å². The molecule has 0 amide bonds. The zero-order chi connectivity index (χ0) is 13.0. The van der Waals surface area contributed by atoms with Crippen molar-refractivity contribution in [2.45, 2.75) is 57.4 Å². The minimum absolute atomic E-state index is 0.00750. The van der Waals surface area contributed by atoms with E-state index in [4.69, 9.17) is 4.74 Å². The number of nitrogens with zero attached hydrogens (tertiary/aromatic N) is 1. The van der Waals surface area contributed by atoms with E-state index in [0.29, 0.717) is 6.04 Å². The number of carbonyl (C=O) groups excluding carboxylic acids is 1. The average Bonchev–Trinajstić information content (AvgIpc) is 2.91. The highest BCUT2D eigenvalue weighted by molar-refractivity contribution is 5.72. The molecule has 0 unspecified atom stereocenters. The third-order valence-corrected chi connectivity index (χ3v) is 4.88. The average molecular weight is 253 g/mol. The summed E-state index contributed by atoms with van der Waals surface area (Å²) in [5, 5.41) is 0. The van der Waals surface area contributed by atoms with E-state index in [1.807, 2.05) is 0 Å². The Hall–Kier alpha value is -0.570. The molecule has 0 aromatic carbocycles. The second kappa shape index (κ2) is 6.55. The number of hydrogen-bond donors (Lipinski definition) is 0. The van der Waals surface area contributed by atoms with E-state index < -0.39 is 0 Å². The molecule has 104 valence electrons. The molecule has 3 nitrogen and oxygen atoms in total. The highest BCUT2D eigenvalue weighted by atomic mass is 16.5. The fourth-order valence-electron chi connectivity index (χ4n) is 3.67. The first-order valence-electron chi connectivity index (χ1n) is 7.48. The molecule has 0 radical (unpaired) electrons. The Morgan fingerprint density at radius 3 is 2.28 bits per heavy atom. The quantitative estimate of drug-likeness (QED) is 0.722. The van der Waals surface area contributed by atoms with Crippen LogP contribution >= 0.6 is 0 Å². The van der Waals surface area contributed by atoms with Gasteiger partial charge in [0, 0.05) is 12.6 Å². The van der Waals surface area contributed by atoms with E-state index in [2.05, 4.69) is 11.9 Å². The van der Waals surface area contributed by atoms with Crippen molar-refractivity contribution in [2.24, 2.45) is 11.8 Å². The molecule has 2 saturated carbocycles. The van der Waals surface area contributed by atoms with Crippen molar-refractivity contribution >= 4 is 5.97 Å². The topological polar surface area (TPSA) is 29.5 Å². The maximum atomic E-state index is 11.5. The molecule has 2 aliphatic carbocycles. The molecule has 0 spiro atoms. The van der Waals surface area contributed by atoms with E-state index >= 15 is 0 Å². The molecule has 2 rings (SSSR count). The number of hydrogen-bond acceptors (Lipinski definition) is 3. The summed E-state index contributed by atoms with van der Waals surface area (Å²) >= 11 is 0. The Morgan fingerprint density at radius 2 is 1.72 bits per heavy atom. The van der Waals surface area contributed by atoms with Gasteiger partial charge in [-0.3, -0.25) is 4.79 Å². The number of esters is 1. The van der Waals surface area contributed by atoms with Crippen molar-refractivity contribution in [1.82, 2.24) is 4.90 Å². The zero-order valence-electron chi connectivity index (χ0n) is 11.9. The van der Waals surface area contributed by atoms with Crippen LogP contribution in [0, 0.1) is 11.8 Å². The maximum Gasteiger partial charge on any atom is 0.308 e. The van der Waals surface area contributed by atoms with Gasteiger partial charge in [-0.1, -0.05) is 12.8 Å². The molecular formula is C15H27NO2. The molecular weight excluding hydrogens is 226 g/mol. The summed E-state index contributed by atoms with van der Waals surface area (Å²) in [4.78, 5) is 14.0. The SMILES string of the molecule is COC(=O)C1CCC(N(C)CC2CCCC2)CC1. The van der Waals surface area contributed by atoms with E-state index in [0.717, 1.165) is 31.6 Å². The lowest BCUT2D eigenvalue weighted by Crippen LogP contribution is -2.39. The van der Waals surface area contributed by atoms with Crippen molar-refractivity contribution in [1.29, 1.82) is 0 Å². The summed E-state index contributed by atoms with van der Waals surface area (Å²) in [5.41, 5.74) is 0. The minimum Gasteiger partial charge on any atom is -0.469 e. The summed E-state index contributed by atoms with van der Waals surface area (Å²) in [6.07, 6.45) is 10.0. The largest absolute Gasteiger partial charge is 0.469 e. The van der Waals surface area contributed by atoms with Gasteiger partial charge in [0.1, 0.15) is 0 Å². The Balaban J connectivity index is 1.73. The number of ether oxygens (including phenoxy) is 1. The maximum absolute atomic E-state index is 11.5. The summed E-state index contributed by atoms with van der Waals surface area (Å²) in [5.74, 6) is 1.08. The van der Waals surface area contributed by atoms with Crippen LogP contribution in [-0.4, -0.2) is 37.6 Å². The second-order valence-corrected chi connectivity index (χ2v) is 6.12. The van der Waals surface area contributed by atoms with Gasteiger partial charge in [0.25, 0.3) is 0 Å². The van der Waals surface area contributed by atoms with Gasteiger partial charge in [-0.25, -0.2) is 0 Å². The van der Waals surface area contributed by atoms with Crippen molar-refractivity contribution in [3.8, 4) is 0 Å². The number of methoxy groups -OCH3 is 1. The van der Waals surface area contributed by atoms with Gasteiger partial charge >= 0.3 is 5.97 Å². The first-order valence-corrected chi connectivity index (χ1v) is 7.48. The summed E-state index contributed by atoms with van der Waals surface area (Å²) in [6, 6.07) is 0.687. The normalized spacial score (nSPS) is 29.7. The smallest absolute Gasteiger partial charge is 0.308 e. The fourth-order valence-corrected chi connectivity index (χ4v) is 3.67. The van der Waals surface area contributed by atoms with Crippen LogP contribution in [0.5, 0.6) is 0 Å². The van der Waals surface area contributed by atoms with Gasteiger partial charge < -0.3 is 9.64 Å².